The van der Waals surface area contributed by atoms with Gasteiger partial charge < -0.3 is 14.8 Å². The van der Waals surface area contributed by atoms with Crippen LogP contribution in [0.2, 0.25) is 0 Å². The molecule has 8 nitrogen and oxygen atoms in total. The maximum Gasteiger partial charge on any atom is 0.310 e. The molecular formula is C20H25N3O5. The minimum Gasteiger partial charge on any atom is -0.493 e. The fraction of sp³-hybridized carbons (Fsp3) is 0.400. The Morgan fingerprint density at radius 2 is 1.82 bits per heavy atom. The first-order valence-corrected chi connectivity index (χ1v) is 8.93. The number of carbonyl (C=O) groups excluding carboxylic acids is 3. The van der Waals surface area contributed by atoms with Gasteiger partial charge in [0.05, 0.1) is 30.1 Å². The van der Waals surface area contributed by atoms with Crippen LogP contribution in [-0.2, 0) is 21.4 Å². The number of aryl methyl sites for hydroxylation is 2. The first-order valence-electron chi connectivity index (χ1n) is 8.93. The lowest BCUT2D eigenvalue weighted by Gasteiger charge is -2.14. The molecule has 0 aliphatic rings. The van der Waals surface area contributed by atoms with Crippen LogP contribution in [0.3, 0.4) is 0 Å². The van der Waals surface area contributed by atoms with E-state index in [1.165, 1.54) is 13.8 Å². The van der Waals surface area contributed by atoms with Crippen molar-refractivity contribution in [1.82, 2.24) is 9.78 Å². The molecule has 2 rings (SSSR count). The number of esters is 1. The van der Waals surface area contributed by atoms with Crippen LogP contribution in [0.25, 0.3) is 0 Å². The Morgan fingerprint density at radius 1 is 1.18 bits per heavy atom. The van der Waals surface area contributed by atoms with Crippen molar-refractivity contribution < 1.29 is 23.9 Å². The number of rotatable bonds is 8. The number of anilines is 1. The van der Waals surface area contributed by atoms with Gasteiger partial charge in [0.1, 0.15) is 5.75 Å². The van der Waals surface area contributed by atoms with Gasteiger partial charge in [0.25, 0.3) is 5.91 Å². The predicted molar refractivity (Wildman–Crippen MR) is 103 cm³/mol. The van der Waals surface area contributed by atoms with Crippen molar-refractivity contribution in [3.05, 3.63) is 41.2 Å². The number of hydrogen-bond donors (Lipinski definition) is 1. The molecule has 1 aromatic carbocycles. The number of Topliss-reactive ketones (excluding diaryl/α,β-unsaturated/α-hetero) is 1. The Bertz CT molecular complexity index is 871. The van der Waals surface area contributed by atoms with Crippen LogP contribution in [-0.4, -0.2) is 40.2 Å². The summed E-state index contributed by atoms with van der Waals surface area (Å²) in [6.07, 6.45) is -0.946. The molecule has 8 heteroatoms. The van der Waals surface area contributed by atoms with Gasteiger partial charge in [0.15, 0.2) is 11.9 Å². The fourth-order valence-electron chi connectivity index (χ4n) is 2.53. The summed E-state index contributed by atoms with van der Waals surface area (Å²) >= 11 is 0. The second-order valence-electron chi connectivity index (χ2n) is 6.47. The quantitative estimate of drug-likeness (QED) is 0.552. The number of carbonyl (C=O) groups is 3. The molecule has 0 bridgehead atoms. The Hall–Kier alpha value is -3.16. The number of nitrogens with one attached hydrogen (secondary N) is 1. The Kier molecular flexibility index (Phi) is 6.92. The highest BCUT2D eigenvalue weighted by molar-refractivity contribution is 5.96. The molecule has 0 fully saturated rings. The predicted octanol–water partition coefficient (Wildman–Crippen LogP) is 2.58. The number of amides is 1. The molecule has 1 aromatic heterocycles. The van der Waals surface area contributed by atoms with Crippen molar-refractivity contribution in [3.8, 4) is 5.75 Å². The summed E-state index contributed by atoms with van der Waals surface area (Å²) in [5.74, 6) is -0.443. The van der Waals surface area contributed by atoms with Gasteiger partial charge in [-0.05, 0) is 52.0 Å². The molecule has 2 aromatic rings. The smallest absolute Gasteiger partial charge is 0.310 e. The Morgan fingerprint density at radius 3 is 2.36 bits per heavy atom. The zero-order chi connectivity index (χ0) is 20.8. The van der Waals surface area contributed by atoms with Crippen LogP contribution in [0.4, 0.5) is 5.69 Å². The van der Waals surface area contributed by atoms with E-state index in [0.29, 0.717) is 22.7 Å². The normalized spacial score (nSPS) is 11.6. The lowest BCUT2D eigenvalue weighted by atomic mass is 10.1. The summed E-state index contributed by atoms with van der Waals surface area (Å²) in [6.45, 7) is 6.73. The number of nitrogens with zero attached hydrogens (tertiary/aromatic N) is 2. The summed E-state index contributed by atoms with van der Waals surface area (Å²) in [7, 11) is 1.79. The molecule has 1 unspecified atom stereocenters. The molecule has 0 saturated carbocycles. The summed E-state index contributed by atoms with van der Waals surface area (Å²) < 4.78 is 12.3. The van der Waals surface area contributed by atoms with Crippen LogP contribution in [0.5, 0.6) is 5.75 Å². The summed E-state index contributed by atoms with van der Waals surface area (Å²) in [4.78, 5) is 35.4. The highest BCUT2D eigenvalue weighted by Crippen LogP contribution is 2.19. The van der Waals surface area contributed by atoms with Crippen molar-refractivity contribution in [3.63, 3.8) is 0 Å². The van der Waals surface area contributed by atoms with Gasteiger partial charge in [-0.2, -0.15) is 5.10 Å². The molecule has 0 saturated heterocycles. The largest absolute Gasteiger partial charge is 0.493 e. The SMILES string of the molecule is CC(=O)c1ccc(OCCC(=O)OC(C)C(=O)Nc2c(C)nn(C)c2C)cc1. The molecule has 1 atom stereocenters. The van der Waals surface area contributed by atoms with Gasteiger partial charge in [-0.15, -0.1) is 0 Å². The lowest BCUT2D eigenvalue weighted by molar-refractivity contribution is -0.153. The second kappa shape index (κ2) is 9.16. The van der Waals surface area contributed by atoms with E-state index < -0.39 is 18.0 Å². The number of hydrogen-bond acceptors (Lipinski definition) is 6. The molecule has 1 N–H and O–H groups in total. The number of ketones is 1. The number of ether oxygens (including phenoxy) is 2. The summed E-state index contributed by atoms with van der Waals surface area (Å²) in [6, 6.07) is 6.64. The van der Waals surface area contributed by atoms with Gasteiger partial charge in [0.2, 0.25) is 0 Å². The van der Waals surface area contributed by atoms with E-state index in [1.807, 2.05) is 6.92 Å². The van der Waals surface area contributed by atoms with Crippen LogP contribution in [0.15, 0.2) is 24.3 Å². The van der Waals surface area contributed by atoms with E-state index in [2.05, 4.69) is 10.4 Å². The molecule has 0 aliphatic carbocycles. The minimum absolute atomic E-state index is 0.00295. The number of benzene rings is 1. The molecule has 0 aliphatic heterocycles. The molecule has 1 amide bonds. The summed E-state index contributed by atoms with van der Waals surface area (Å²) in [5, 5.41) is 6.97. The van der Waals surface area contributed by atoms with Crippen molar-refractivity contribution in [1.29, 1.82) is 0 Å². The van der Waals surface area contributed by atoms with E-state index in [1.54, 1.807) is 42.9 Å². The summed E-state index contributed by atoms with van der Waals surface area (Å²) in [5.41, 5.74) is 2.71. The molecule has 1 heterocycles. The molecule has 150 valence electrons. The average molecular weight is 387 g/mol. The van der Waals surface area contributed by atoms with Gasteiger partial charge >= 0.3 is 5.97 Å². The van der Waals surface area contributed by atoms with Crippen molar-refractivity contribution >= 4 is 23.3 Å². The zero-order valence-electron chi connectivity index (χ0n) is 16.7. The molecular weight excluding hydrogens is 362 g/mol. The third kappa shape index (κ3) is 5.42. The van der Waals surface area contributed by atoms with Crippen molar-refractivity contribution in [2.45, 2.75) is 40.2 Å². The van der Waals surface area contributed by atoms with Crippen molar-refractivity contribution in [2.24, 2.45) is 7.05 Å². The molecule has 28 heavy (non-hydrogen) atoms. The van der Waals surface area contributed by atoms with Crippen LogP contribution < -0.4 is 10.1 Å². The highest BCUT2D eigenvalue weighted by Gasteiger charge is 2.20. The topological polar surface area (TPSA) is 99.5 Å². The first kappa shape index (κ1) is 21.1. The average Bonchev–Trinajstić information content (AvgIpc) is 2.88. The van der Waals surface area contributed by atoms with E-state index in [0.717, 1.165) is 5.69 Å². The molecule has 0 radical (unpaired) electrons. The Balaban J connectivity index is 1.78. The van der Waals surface area contributed by atoms with Gasteiger partial charge in [-0.1, -0.05) is 0 Å². The van der Waals surface area contributed by atoms with E-state index in [9.17, 15) is 14.4 Å². The van der Waals surface area contributed by atoms with Crippen LogP contribution in [0, 0.1) is 13.8 Å². The van der Waals surface area contributed by atoms with E-state index in [-0.39, 0.29) is 18.8 Å². The monoisotopic (exact) mass is 387 g/mol. The maximum atomic E-state index is 12.3. The van der Waals surface area contributed by atoms with E-state index in [4.69, 9.17) is 9.47 Å². The van der Waals surface area contributed by atoms with E-state index >= 15 is 0 Å². The maximum absolute atomic E-state index is 12.3. The van der Waals surface area contributed by atoms with Gasteiger partial charge in [-0.25, -0.2) is 0 Å². The standard InChI is InChI=1S/C20H25N3O5/c1-12-19(13(2)23(5)22-12)21-20(26)15(4)28-18(25)10-11-27-17-8-6-16(7-9-17)14(3)24/h6-9,15H,10-11H2,1-5H3,(H,21,26). The fourth-order valence-corrected chi connectivity index (χ4v) is 2.53. The van der Waals surface area contributed by atoms with Crippen molar-refractivity contribution in [2.75, 3.05) is 11.9 Å². The van der Waals surface area contributed by atoms with Crippen LogP contribution in [0.1, 0.15) is 42.0 Å². The minimum atomic E-state index is -0.943. The van der Waals surface area contributed by atoms with Gasteiger partial charge in [0, 0.05) is 12.6 Å². The van der Waals surface area contributed by atoms with Gasteiger partial charge in [-0.3, -0.25) is 19.1 Å². The molecule has 0 spiro atoms. The van der Waals surface area contributed by atoms with Crippen LogP contribution >= 0.6 is 0 Å². The first-order chi connectivity index (χ1) is 13.2. The second-order valence-corrected chi connectivity index (χ2v) is 6.47. The third-order valence-electron chi connectivity index (χ3n) is 4.27. The Labute approximate surface area is 163 Å². The third-order valence-corrected chi connectivity index (χ3v) is 4.27. The highest BCUT2D eigenvalue weighted by atomic mass is 16.5. The zero-order valence-corrected chi connectivity index (χ0v) is 16.7. The number of aromatic nitrogens is 2. The lowest BCUT2D eigenvalue weighted by Crippen LogP contribution is -2.30.